The van der Waals surface area contributed by atoms with Gasteiger partial charge in [0, 0.05) is 4.92 Å². The van der Waals surface area contributed by atoms with Crippen LogP contribution < -0.4 is 0 Å². The molecular weight excluding hydrogens is 224 g/mol. The van der Waals surface area contributed by atoms with Gasteiger partial charge >= 0.3 is 5.97 Å². The van der Waals surface area contributed by atoms with Gasteiger partial charge in [-0.05, 0) is 18.1 Å². The maximum Gasteiger partial charge on any atom is 0.337 e. The van der Waals surface area contributed by atoms with Gasteiger partial charge in [-0.15, -0.1) is 0 Å². The molecule has 6 nitrogen and oxygen atoms in total. The highest BCUT2D eigenvalue weighted by Crippen LogP contribution is 2.24. The van der Waals surface area contributed by atoms with Crippen LogP contribution in [0.5, 0.6) is 0 Å². The minimum atomic E-state index is -1.09. The van der Waals surface area contributed by atoms with Gasteiger partial charge < -0.3 is 5.11 Å². The van der Waals surface area contributed by atoms with Crippen LogP contribution in [0.15, 0.2) is 23.2 Å². The lowest BCUT2D eigenvalue weighted by Crippen LogP contribution is -2.02. The molecule has 0 aliphatic heterocycles. The van der Waals surface area contributed by atoms with Gasteiger partial charge in [0.05, 0.1) is 17.5 Å². The number of nitro groups is 1. The summed E-state index contributed by atoms with van der Waals surface area (Å²) in [4.78, 5) is 24.5. The molecule has 0 aliphatic carbocycles. The SMILES string of the molecule is CCc1cccc(C(=O)O)c1N=CC[N+](=O)[O-]. The number of carbonyl (C=O) groups is 1. The fraction of sp³-hybridized carbons (Fsp3) is 0.273. The summed E-state index contributed by atoms with van der Waals surface area (Å²) in [5.41, 5.74) is 1.11. The molecule has 0 bridgehead atoms. The van der Waals surface area contributed by atoms with Gasteiger partial charge in [-0.25, -0.2) is 4.79 Å². The van der Waals surface area contributed by atoms with Crippen molar-refractivity contribution in [1.82, 2.24) is 0 Å². The quantitative estimate of drug-likeness (QED) is 0.480. The van der Waals surface area contributed by atoms with E-state index in [1.54, 1.807) is 12.1 Å². The molecule has 0 aliphatic rings. The number of nitrogens with zero attached hydrogens (tertiary/aromatic N) is 2. The Labute approximate surface area is 97.8 Å². The van der Waals surface area contributed by atoms with Crippen molar-refractivity contribution in [2.45, 2.75) is 13.3 Å². The summed E-state index contributed by atoms with van der Waals surface area (Å²) in [5.74, 6) is -1.09. The van der Waals surface area contributed by atoms with Gasteiger partial charge in [-0.3, -0.25) is 15.1 Å². The summed E-state index contributed by atoms with van der Waals surface area (Å²) < 4.78 is 0. The molecule has 1 aromatic carbocycles. The van der Waals surface area contributed by atoms with Crippen LogP contribution in [0.25, 0.3) is 0 Å². The van der Waals surface area contributed by atoms with E-state index in [4.69, 9.17) is 5.11 Å². The van der Waals surface area contributed by atoms with Gasteiger partial charge in [-0.2, -0.15) is 0 Å². The second kappa shape index (κ2) is 5.74. The first-order valence-corrected chi connectivity index (χ1v) is 5.05. The van der Waals surface area contributed by atoms with Crippen molar-refractivity contribution in [3.8, 4) is 0 Å². The van der Waals surface area contributed by atoms with E-state index in [1.807, 2.05) is 6.92 Å². The summed E-state index contributed by atoms with van der Waals surface area (Å²) in [5, 5.41) is 19.1. The average molecular weight is 236 g/mol. The number of aromatic carboxylic acids is 1. The average Bonchev–Trinajstić information content (AvgIpc) is 2.28. The highest BCUT2D eigenvalue weighted by molar-refractivity contribution is 5.95. The molecule has 1 rings (SSSR count). The topological polar surface area (TPSA) is 92.8 Å². The Hall–Kier alpha value is -2.24. The number of hydrogen-bond donors (Lipinski definition) is 1. The zero-order valence-corrected chi connectivity index (χ0v) is 9.29. The van der Waals surface area contributed by atoms with Crippen LogP contribution >= 0.6 is 0 Å². The second-order valence-corrected chi connectivity index (χ2v) is 3.30. The Kier molecular flexibility index (Phi) is 4.33. The van der Waals surface area contributed by atoms with Crippen LogP contribution in [0, 0.1) is 10.1 Å². The lowest BCUT2D eigenvalue weighted by Gasteiger charge is -2.05. The number of rotatable bonds is 5. The van der Waals surface area contributed by atoms with Crippen LogP contribution in [0.3, 0.4) is 0 Å². The van der Waals surface area contributed by atoms with Gasteiger partial charge in [0.1, 0.15) is 0 Å². The van der Waals surface area contributed by atoms with E-state index in [-0.39, 0.29) is 5.56 Å². The van der Waals surface area contributed by atoms with E-state index in [0.29, 0.717) is 12.1 Å². The van der Waals surface area contributed by atoms with Gasteiger partial charge in [-0.1, -0.05) is 19.1 Å². The molecule has 0 saturated carbocycles. The van der Waals surface area contributed by atoms with Crippen LogP contribution in [-0.2, 0) is 6.42 Å². The van der Waals surface area contributed by atoms with Crippen LogP contribution in [0.2, 0.25) is 0 Å². The minimum Gasteiger partial charge on any atom is -0.478 e. The Morgan fingerprint density at radius 3 is 2.82 bits per heavy atom. The minimum absolute atomic E-state index is 0.0592. The molecule has 0 heterocycles. The summed E-state index contributed by atoms with van der Waals surface area (Å²) in [6.07, 6.45) is 1.73. The molecule has 0 spiro atoms. The first-order valence-electron chi connectivity index (χ1n) is 5.05. The molecule has 17 heavy (non-hydrogen) atoms. The fourth-order valence-corrected chi connectivity index (χ4v) is 1.40. The summed E-state index contributed by atoms with van der Waals surface area (Å²) in [6, 6.07) is 4.82. The third-order valence-electron chi connectivity index (χ3n) is 2.18. The van der Waals surface area contributed by atoms with Gasteiger partial charge in [0.25, 0.3) is 0 Å². The van der Waals surface area contributed by atoms with Crippen LogP contribution in [0.1, 0.15) is 22.8 Å². The van der Waals surface area contributed by atoms with E-state index < -0.39 is 17.4 Å². The second-order valence-electron chi connectivity index (χ2n) is 3.30. The van der Waals surface area contributed by atoms with Crippen molar-refractivity contribution in [2.75, 3.05) is 6.54 Å². The highest BCUT2D eigenvalue weighted by Gasteiger charge is 2.11. The van der Waals surface area contributed by atoms with Crippen molar-refractivity contribution in [3.05, 3.63) is 39.4 Å². The van der Waals surface area contributed by atoms with Gasteiger partial charge in [0.15, 0.2) is 0 Å². The smallest absolute Gasteiger partial charge is 0.337 e. The van der Waals surface area contributed by atoms with Crippen molar-refractivity contribution < 1.29 is 14.8 Å². The van der Waals surface area contributed by atoms with Crippen LogP contribution in [-0.4, -0.2) is 28.8 Å². The lowest BCUT2D eigenvalue weighted by molar-refractivity contribution is -0.462. The van der Waals surface area contributed by atoms with E-state index >= 15 is 0 Å². The molecule has 0 saturated heterocycles. The lowest BCUT2D eigenvalue weighted by atomic mass is 10.1. The number of para-hydroxylation sites is 1. The molecule has 0 amide bonds. The third-order valence-corrected chi connectivity index (χ3v) is 2.18. The van der Waals surface area contributed by atoms with Crippen molar-refractivity contribution in [1.29, 1.82) is 0 Å². The van der Waals surface area contributed by atoms with E-state index in [1.165, 1.54) is 6.07 Å². The fourth-order valence-electron chi connectivity index (χ4n) is 1.40. The Morgan fingerprint density at radius 1 is 1.59 bits per heavy atom. The van der Waals surface area contributed by atoms with E-state index in [9.17, 15) is 14.9 Å². The zero-order valence-electron chi connectivity index (χ0n) is 9.29. The number of carboxylic acids is 1. The number of hydrogen-bond acceptors (Lipinski definition) is 4. The Balaban J connectivity index is 3.13. The van der Waals surface area contributed by atoms with Crippen LogP contribution in [0.4, 0.5) is 5.69 Å². The number of carboxylic acid groups (broad SMARTS) is 1. The Bertz CT molecular complexity index is 469. The highest BCUT2D eigenvalue weighted by atomic mass is 16.6. The monoisotopic (exact) mass is 236 g/mol. The van der Waals surface area contributed by atoms with Crippen molar-refractivity contribution >= 4 is 17.9 Å². The summed E-state index contributed by atoms with van der Waals surface area (Å²) in [6.45, 7) is 1.45. The molecular formula is C11H12N2O4. The van der Waals surface area contributed by atoms with Crippen molar-refractivity contribution in [2.24, 2.45) is 4.99 Å². The molecule has 1 N–H and O–H groups in total. The third kappa shape index (κ3) is 3.37. The first-order chi connectivity index (χ1) is 8.06. The Morgan fingerprint density at radius 2 is 2.29 bits per heavy atom. The molecule has 6 heteroatoms. The molecule has 0 aromatic heterocycles. The summed E-state index contributed by atoms with van der Waals surface area (Å²) in [7, 11) is 0. The summed E-state index contributed by atoms with van der Waals surface area (Å²) >= 11 is 0. The molecule has 0 fully saturated rings. The predicted molar refractivity (Wildman–Crippen MR) is 62.8 cm³/mol. The maximum absolute atomic E-state index is 11.0. The zero-order chi connectivity index (χ0) is 12.8. The van der Waals surface area contributed by atoms with Gasteiger partial charge in [0.2, 0.25) is 6.54 Å². The number of benzene rings is 1. The maximum atomic E-state index is 11.0. The molecule has 0 unspecified atom stereocenters. The number of aryl methyl sites for hydroxylation is 1. The molecule has 0 radical (unpaired) electrons. The predicted octanol–water partition coefficient (Wildman–Crippen LogP) is 1.93. The molecule has 0 atom stereocenters. The molecule has 90 valence electrons. The normalized spacial score (nSPS) is 10.6. The van der Waals surface area contributed by atoms with E-state index in [2.05, 4.69) is 4.99 Å². The van der Waals surface area contributed by atoms with E-state index in [0.717, 1.165) is 11.8 Å². The largest absolute Gasteiger partial charge is 0.478 e. The molecule has 1 aromatic rings. The number of aliphatic imine (C=N–C) groups is 1. The standard InChI is InChI=1S/C11H12N2O4/c1-2-8-4-3-5-9(11(14)15)10(8)12-6-7-13(16)17/h3-6H,2,7H2,1H3,(H,14,15). The van der Waals surface area contributed by atoms with Crippen molar-refractivity contribution in [3.63, 3.8) is 0 Å². The first kappa shape index (κ1) is 12.8.